The van der Waals surface area contributed by atoms with E-state index in [4.69, 9.17) is 27.4 Å². The molecule has 0 amide bonds. The first-order valence-corrected chi connectivity index (χ1v) is 5.24. The van der Waals surface area contributed by atoms with Gasteiger partial charge in [-0.2, -0.15) is 9.97 Å². The topological polar surface area (TPSA) is 101 Å². The van der Waals surface area contributed by atoms with Crippen molar-refractivity contribution in [1.82, 2.24) is 24.5 Å². The predicted molar refractivity (Wildman–Crippen MR) is 65.9 cm³/mol. The number of hydrogen-bond acceptors (Lipinski definition) is 7. The molecule has 0 unspecified atom stereocenters. The van der Waals surface area contributed by atoms with Crippen molar-refractivity contribution in [3.8, 4) is 18.0 Å². The molecule has 9 heteroatoms. The highest BCUT2D eigenvalue weighted by molar-refractivity contribution is 7.80. The predicted octanol–water partition coefficient (Wildman–Crippen LogP) is -0.291. The number of nitrogens with two attached hydrogens (primary N) is 1. The quantitative estimate of drug-likeness (QED) is 0.753. The van der Waals surface area contributed by atoms with Gasteiger partial charge in [-0.1, -0.05) is 12.2 Å². The van der Waals surface area contributed by atoms with Crippen molar-refractivity contribution in [2.45, 2.75) is 0 Å². The molecule has 0 spiro atoms. The first kappa shape index (κ1) is 12.2. The third-order valence-corrected chi connectivity index (χ3v) is 2.21. The van der Waals surface area contributed by atoms with E-state index in [0.717, 1.165) is 0 Å². The molecule has 0 atom stereocenters. The molecule has 0 aliphatic heterocycles. The molecule has 0 bridgehead atoms. The van der Waals surface area contributed by atoms with Crippen LogP contribution in [-0.4, -0.2) is 43.7 Å². The van der Waals surface area contributed by atoms with Crippen LogP contribution in [0.2, 0.25) is 0 Å². The van der Waals surface area contributed by atoms with Gasteiger partial charge in [-0.15, -0.1) is 4.98 Å². The van der Waals surface area contributed by atoms with Gasteiger partial charge in [0.15, 0.2) is 5.82 Å². The summed E-state index contributed by atoms with van der Waals surface area (Å²) in [5.41, 5.74) is 5.55. The maximum atomic E-state index is 5.55. The van der Waals surface area contributed by atoms with E-state index in [-0.39, 0.29) is 23.0 Å². The third kappa shape index (κ3) is 2.20. The van der Waals surface area contributed by atoms with Crippen LogP contribution in [0.25, 0.3) is 5.95 Å². The molecule has 2 aromatic rings. The average molecular weight is 266 g/mol. The molecule has 0 radical (unpaired) electrons. The molecule has 2 N–H and O–H groups in total. The average Bonchev–Trinajstić information content (AvgIpc) is 2.87. The van der Waals surface area contributed by atoms with Gasteiger partial charge >= 0.3 is 12.0 Å². The van der Waals surface area contributed by atoms with Crippen LogP contribution in [0.3, 0.4) is 0 Å². The van der Waals surface area contributed by atoms with Crippen molar-refractivity contribution in [2.24, 2.45) is 5.73 Å². The molecule has 0 aromatic carbocycles. The molecule has 0 aliphatic carbocycles. The second kappa shape index (κ2) is 4.92. The second-order valence-electron chi connectivity index (χ2n) is 3.09. The van der Waals surface area contributed by atoms with Crippen LogP contribution in [0, 0.1) is 0 Å². The van der Waals surface area contributed by atoms with Crippen molar-refractivity contribution in [1.29, 1.82) is 0 Å². The minimum atomic E-state index is 0.124. The first-order chi connectivity index (χ1) is 8.65. The van der Waals surface area contributed by atoms with Crippen LogP contribution in [0.4, 0.5) is 0 Å². The van der Waals surface area contributed by atoms with Gasteiger partial charge in [-0.05, 0) is 0 Å². The third-order valence-electron chi connectivity index (χ3n) is 2.02. The summed E-state index contributed by atoms with van der Waals surface area (Å²) in [7, 11) is 2.89. The first-order valence-electron chi connectivity index (χ1n) is 4.83. The summed E-state index contributed by atoms with van der Waals surface area (Å²) in [5.74, 6) is 0.638. The summed E-state index contributed by atoms with van der Waals surface area (Å²) in [6.07, 6.45) is 3.17. The Balaban J connectivity index is 2.55. The number of ether oxygens (including phenoxy) is 2. The Morgan fingerprint density at radius 3 is 2.33 bits per heavy atom. The van der Waals surface area contributed by atoms with E-state index >= 15 is 0 Å². The molecule has 0 fully saturated rings. The SMILES string of the molecule is COc1nc(OC)nc(-n2ccnc2C(N)=S)n1. The van der Waals surface area contributed by atoms with Crippen molar-refractivity contribution in [3.05, 3.63) is 18.2 Å². The minimum absolute atomic E-state index is 0.124. The second-order valence-corrected chi connectivity index (χ2v) is 3.53. The molecular formula is C9H10N6O2S. The lowest BCUT2D eigenvalue weighted by Gasteiger charge is -2.07. The van der Waals surface area contributed by atoms with Gasteiger partial charge in [0.1, 0.15) is 4.99 Å². The number of methoxy groups -OCH3 is 2. The summed E-state index contributed by atoms with van der Waals surface area (Å²) in [6.45, 7) is 0. The smallest absolute Gasteiger partial charge is 0.324 e. The van der Waals surface area contributed by atoms with Crippen molar-refractivity contribution in [2.75, 3.05) is 14.2 Å². The summed E-state index contributed by atoms with van der Waals surface area (Å²) < 4.78 is 11.4. The van der Waals surface area contributed by atoms with Crippen LogP contribution in [-0.2, 0) is 0 Å². The van der Waals surface area contributed by atoms with Crippen LogP contribution in [0.5, 0.6) is 12.0 Å². The van der Waals surface area contributed by atoms with E-state index in [1.807, 2.05) is 0 Å². The number of nitrogens with zero attached hydrogens (tertiary/aromatic N) is 5. The van der Waals surface area contributed by atoms with Crippen LogP contribution >= 0.6 is 12.2 Å². The number of rotatable bonds is 4. The van der Waals surface area contributed by atoms with Gasteiger partial charge in [0.05, 0.1) is 14.2 Å². The van der Waals surface area contributed by atoms with Crippen molar-refractivity contribution >= 4 is 17.2 Å². The van der Waals surface area contributed by atoms with Gasteiger partial charge in [0.2, 0.25) is 5.95 Å². The monoisotopic (exact) mass is 266 g/mol. The zero-order valence-electron chi connectivity index (χ0n) is 9.69. The van der Waals surface area contributed by atoms with Gasteiger partial charge in [-0.25, -0.2) is 4.98 Å². The van der Waals surface area contributed by atoms with E-state index in [1.165, 1.54) is 25.0 Å². The molecule has 2 rings (SSSR count). The highest BCUT2D eigenvalue weighted by Crippen LogP contribution is 2.13. The zero-order valence-corrected chi connectivity index (χ0v) is 10.5. The van der Waals surface area contributed by atoms with Crippen molar-refractivity contribution < 1.29 is 9.47 Å². The van der Waals surface area contributed by atoms with Crippen LogP contribution in [0.1, 0.15) is 5.82 Å². The van der Waals surface area contributed by atoms with Gasteiger partial charge in [0, 0.05) is 12.4 Å². The van der Waals surface area contributed by atoms with E-state index in [9.17, 15) is 0 Å². The van der Waals surface area contributed by atoms with E-state index in [2.05, 4.69) is 19.9 Å². The fourth-order valence-corrected chi connectivity index (χ4v) is 1.42. The molecule has 0 saturated heterocycles. The lowest BCUT2D eigenvalue weighted by atomic mass is 10.6. The minimum Gasteiger partial charge on any atom is -0.467 e. The number of imidazole rings is 1. The Hall–Kier alpha value is -2.29. The van der Waals surface area contributed by atoms with Crippen LogP contribution in [0.15, 0.2) is 12.4 Å². The maximum absolute atomic E-state index is 5.55. The molecule has 0 aliphatic rings. The van der Waals surface area contributed by atoms with Gasteiger partial charge in [0.25, 0.3) is 0 Å². The highest BCUT2D eigenvalue weighted by atomic mass is 32.1. The highest BCUT2D eigenvalue weighted by Gasteiger charge is 2.13. The Kier molecular flexibility index (Phi) is 3.33. The number of hydrogen-bond donors (Lipinski definition) is 1. The maximum Gasteiger partial charge on any atom is 0.324 e. The Morgan fingerprint density at radius 1 is 1.22 bits per heavy atom. The van der Waals surface area contributed by atoms with Crippen molar-refractivity contribution in [3.63, 3.8) is 0 Å². The van der Waals surface area contributed by atoms with E-state index in [1.54, 1.807) is 6.20 Å². The van der Waals surface area contributed by atoms with Crippen LogP contribution < -0.4 is 15.2 Å². The molecular weight excluding hydrogens is 256 g/mol. The fraction of sp³-hybridized carbons (Fsp3) is 0.222. The fourth-order valence-electron chi connectivity index (χ4n) is 1.27. The Morgan fingerprint density at radius 2 is 1.83 bits per heavy atom. The van der Waals surface area contributed by atoms with Gasteiger partial charge < -0.3 is 15.2 Å². The Bertz CT molecular complexity index is 562. The molecule has 8 nitrogen and oxygen atoms in total. The number of thiocarbonyl (C=S) groups is 1. The molecule has 2 heterocycles. The normalized spacial score (nSPS) is 10.1. The lowest BCUT2D eigenvalue weighted by molar-refractivity contribution is 0.338. The lowest BCUT2D eigenvalue weighted by Crippen LogP contribution is -2.17. The van der Waals surface area contributed by atoms with E-state index in [0.29, 0.717) is 5.82 Å². The standard InChI is InChI=1S/C9H10N6O2S/c1-16-8-12-7(13-9(14-8)17-2)15-4-3-11-6(15)5(10)18/h3-4H,1-2H3,(H2,10,18). The largest absolute Gasteiger partial charge is 0.467 e. The molecule has 0 saturated carbocycles. The summed E-state index contributed by atoms with van der Waals surface area (Å²) in [6, 6.07) is 0.249. The Labute approximate surface area is 108 Å². The molecule has 18 heavy (non-hydrogen) atoms. The van der Waals surface area contributed by atoms with E-state index < -0.39 is 0 Å². The number of aromatic nitrogens is 5. The molecule has 94 valence electrons. The zero-order chi connectivity index (χ0) is 13.1. The molecule has 2 aromatic heterocycles. The van der Waals surface area contributed by atoms with Gasteiger partial charge in [-0.3, -0.25) is 4.57 Å². The summed E-state index contributed by atoms with van der Waals surface area (Å²) in [4.78, 5) is 16.2. The summed E-state index contributed by atoms with van der Waals surface area (Å²) >= 11 is 4.89. The summed E-state index contributed by atoms with van der Waals surface area (Å²) in [5, 5.41) is 0.